The van der Waals surface area contributed by atoms with Crippen molar-refractivity contribution in [3.8, 4) is 0 Å². The zero-order valence-electron chi connectivity index (χ0n) is 7.77. The van der Waals surface area contributed by atoms with E-state index < -0.39 is 12.1 Å². The Morgan fingerprint density at radius 3 is 2.64 bits per heavy atom. The number of aliphatic hydroxyl groups excluding tert-OH is 1. The molecule has 0 saturated carbocycles. The van der Waals surface area contributed by atoms with Gasteiger partial charge in [0.1, 0.15) is 0 Å². The summed E-state index contributed by atoms with van der Waals surface area (Å²) in [5, 5.41) is 13.9. The number of alkyl halides is 3. The Bertz CT molecular complexity index is 174. The fraction of sp³-hybridized carbons (Fsp3) is 1.00. The summed E-state index contributed by atoms with van der Waals surface area (Å²) in [4.78, 5) is 0. The monoisotopic (exact) mass is 212 g/mol. The minimum Gasteiger partial charge on any atom is -0.381 e. The highest BCUT2D eigenvalue weighted by Crippen LogP contribution is 2.32. The van der Waals surface area contributed by atoms with Crippen molar-refractivity contribution in [2.24, 2.45) is 5.92 Å². The summed E-state index contributed by atoms with van der Waals surface area (Å²) in [6, 6.07) is -0.0827. The third-order valence-corrected chi connectivity index (χ3v) is 2.47. The van der Waals surface area contributed by atoms with E-state index in [1.54, 1.807) is 0 Å². The highest BCUT2D eigenvalue weighted by Gasteiger charge is 2.43. The molecule has 1 rings (SSSR count). The van der Waals surface area contributed by atoms with Crippen LogP contribution < -0.4 is 10.6 Å². The third kappa shape index (κ3) is 3.43. The molecule has 0 spiro atoms. The molecule has 84 valence electrons. The first kappa shape index (κ1) is 11.7. The molecule has 14 heavy (non-hydrogen) atoms. The highest BCUT2D eigenvalue weighted by atomic mass is 19.4. The van der Waals surface area contributed by atoms with Crippen molar-refractivity contribution in [2.75, 3.05) is 19.8 Å². The Hall–Kier alpha value is -0.330. The van der Waals surface area contributed by atoms with Crippen LogP contribution in [0.15, 0.2) is 0 Å². The van der Waals surface area contributed by atoms with Crippen LogP contribution in [-0.2, 0) is 0 Å². The summed E-state index contributed by atoms with van der Waals surface area (Å²) in [7, 11) is 0. The Morgan fingerprint density at radius 1 is 1.43 bits per heavy atom. The zero-order chi connectivity index (χ0) is 10.6. The third-order valence-electron chi connectivity index (χ3n) is 2.47. The van der Waals surface area contributed by atoms with Gasteiger partial charge in [-0.3, -0.25) is 5.32 Å². The molecule has 1 aliphatic heterocycles. The molecule has 0 aromatic carbocycles. The molecule has 1 saturated heterocycles. The van der Waals surface area contributed by atoms with E-state index in [0.717, 1.165) is 0 Å². The lowest BCUT2D eigenvalue weighted by molar-refractivity contribution is -0.169. The smallest absolute Gasteiger partial charge is 0.381 e. The quantitative estimate of drug-likeness (QED) is 0.468. The molecular formula is C8H15F3N2O. The lowest BCUT2D eigenvalue weighted by Crippen LogP contribution is -2.27. The van der Waals surface area contributed by atoms with E-state index in [1.165, 1.54) is 0 Å². The largest absolute Gasteiger partial charge is 0.393 e. The van der Waals surface area contributed by atoms with Gasteiger partial charge in [0.2, 0.25) is 0 Å². The maximum Gasteiger partial charge on any atom is 0.393 e. The normalized spacial score (nSPS) is 28.3. The van der Waals surface area contributed by atoms with Crippen molar-refractivity contribution in [2.45, 2.75) is 25.1 Å². The predicted octanol–water partition coefficient (Wildman–Crippen LogP) is 0.456. The Morgan fingerprint density at radius 2 is 2.14 bits per heavy atom. The molecule has 0 aliphatic carbocycles. The van der Waals surface area contributed by atoms with Gasteiger partial charge in [-0.1, -0.05) is 0 Å². The Balaban J connectivity index is 2.21. The van der Waals surface area contributed by atoms with E-state index >= 15 is 0 Å². The Kier molecular flexibility index (Phi) is 4.15. The topological polar surface area (TPSA) is 44.3 Å². The standard InChI is InChI=1S/C8H15F3N2O/c9-8(10,11)6-3-7(13-4-6)1-2-12-5-14/h6-7,12-14H,1-5H2. The van der Waals surface area contributed by atoms with Crippen molar-refractivity contribution >= 4 is 0 Å². The maximum atomic E-state index is 12.2. The van der Waals surface area contributed by atoms with Crippen molar-refractivity contribution in [1.29, 1.82) is 0 Å². The number of hydrogen-bond acceptors (Lipinski definition) is 3. The first-order valence-corrected chi connectivity index (χ1v) is 4.65. The van der Waals surface area contributed by atoms with Gasteiger partial charge < -0.3 is 10.4 Å². The van der Waals surface area contributed by atoms with Crippen LogP contribution >= 0.6 is 0 Å². The molecule has 3 N–H and O–H groups in total. The van der Waals surface area contributed by atoms with E-state index in [0.29, 0.717) is 13.0 Å². The van der Waals surface area contributed by atoms with E-state index in [4.69, 9.17) is 5.11 Å². The van der Waals surface area contributed by atoms with Crippen LogP contribution in [0.4, 0.5) is 13.2 Å². The molecule has 0 aromatic rings. The van der Waals surface area contributed by atoms with Gasteiger partial charge in [0.05, 0.1) is 12.6 Å². The van der Waals surface area contributed by atoms with Gasteiger partial charge in [-0.25, -0.2) is 0 Å². The molecule has 0 radical (unpaired) electrons. The lowest BCUT2D eigenvalue weighted by Gasteiger charge is -2.13. The van der Waals surface area contributed by atoms with Gasteiger partial charge in [0.15, 0.2) is 0 Å². The average molecular weight is 212 g/mol. The Labute approximate surface area is 80.7 Å². The minimum absolute atomic E-state index is 0.0211. The molecule has 0 aromatic heterocycles. The molecule has 1 heterocycles. The maximum absolute atomic E-state index is 12.2. The van der Waals surface area contributed by atoms with Crippen LogP contribution in [0.3, 0.4) is 0 Å². The van der Waals surface area contributed by atoms with E-state index in [2.05, 4.69) is 10.6 Å². The summed E-state index contributed by atoms with van der Waals surface area (Å²) >= 11 is 0. The SMILES string of the molecule is OCNCCC1CC(C(F)(F)F)CN1. The van der Waals surface area contributed by atoms with Crippen LogP contribution in [0, 0.1) is 5.92 Å². The highest BCUT2D eigenvalue weighted by molar-refractivity contribution is 4.85. The average Bonchev–Trinajstić information content (AvgIpc) is 2.52. The second kappa shape index (κ2) is 4.95. The van der Waals surface area contributed by atoms with Gasteiger partial charge in [0, 0.05) is 12.6 Å². The van der Waals surface area contributed by atoms with Gasteiger partial charge in [0.25, 0.3) is 0 Å². The van der Waals surface area contributed by atoms with Crippen LogP contribution in [0.1, 0.15) is 12.8 Å². The summed E-state index contributed by atoms with van der Waals surface area (Å²) in [6.07, 6.45) is -3.31. The van der Waals surface area contributed by atoms with E-state index in [9.17, 15) is 13.2 Å². The molecule has 1 fully saturated rings. The van der Waals surface area contributed by atoms with Crippen LogP contribution in [-0.4, -0.2) is 37.1 Å². The van der Waals surface area contributed by atoms with Gasteiger partial charge in [-0.05, 0) is 19.4 Å². The summed E-state index contributed by atoms with van der Waals surface area (Å²) in [5.74, 6) is -1.21. The number of nitrogens with one attached hydrogen (secondary N) is 2. The summed E-state index contributed by atoms with van der Waals surface area (Å²) in [5.41, 5.74) is 0. The van der Waals surface area contributed by atoms with Gasteiger partial charge >= 0.3 is 6.18 Å². The van der Waals surface area contributed by atoms with Gasteiger partial charge in [-0.2, -0.15) is 13.2 Å². The zero-order valence-corrected chi connectivity index (χ0v) is 7.77. The number of hydrogen-bond donors (Lipinski definition) is 3. The van der Waals surface area contributed by atoms with E-state index in [-0.39, 0.29) is 25.7 Å². The van der Waals surface area contributed by atoms with Crippen molar-refractivity contribution in [3.05, 3.63) is 0 Å². The second-order valence-electron chi connectivity index (χ2n) is 3.53. The van der Waals surface area contributed by atoms with Crippen molar-refractivity contribution < 1.29 is 18.3 Å². The number of rotatable bonds is 4. The molecule has 3 nitrogen and oxygen atoms in total. The lowest BCUT2D eigenvalue weighted by atomic mass is 10.0. The van der Waals surface area contributed by atoms with Gasteiger partial charge in [-0.15, -0.1) is 0 Å². The van der Waals surface area contributed by atoms with Crippen molar-refractivity contribution in [3.63, 3.8) is 0 Å². The number of aliphatic hydroxyl groups is 1. The molecular weight excluding hydrogens is 197 g/mol. The van der Waals surface area contributed by atoms with Crippen LogP contribution in [0.5, 0.6) is 0 Å². The summed E-state index contributed by atoms with van der Waals surface area (Å²) < 4.78 is 36.7. The van der Waals surface area contributed by atoms with Crippen molar-refractivity contribution in [1.82, 2.24) is 10.6 Å². The summed E-state index contributed by atoms with van der Waals surface area (Å²) in [6.45, 7) is 0.432. The first-order valence-electron chi connectivity index (χ1n) is 4.65. The molecule has 0 amide bonds. The number of halogens is 3. The molecule has 1 aliphatic rings. The molecule has 6 heteroatoms. The fourth-order valence-corrected chi connectivity index (χ4v) is 1.64. The fourth-order valence-electron chi connectivity index (χ4n) is 1.64. The second-order valence-corrected chi connectivity index (χ2v) is 3.53. The van der Waals surface area contributed by atoms with Crippen LogP contribution in [0.2, 0.25) is 0 Å². The first-order chi connectivity index (χ1) is 6.54. The predicted molar refractivity (Wildman–Crippen MR) is 45.7 cm³/mol. The molecule has 0 bridgehead atoms. The van der Waals surface area contributed by atoms with Crippen LogP contribution in [0.25, 0.3) is 0 Å². The molecule has 2 atom stereocenters. The molecule has 2 unspecified atom stereocenters. The minimum atomic E-state index is -4.08. The van der Waals surface area contributed by atoms with E-state index in [1.807, 2.05) is 0 Å².